The first kappa shape index (κ1) is 15.6. The average Bonchev–Trinajstić information content (AvgIpc) is 2.51. The molecule has 1 atom stereocenters. The lowest BCUT2D eigenvalue weighted by atomic mass is 10.0. The van der Waals surface area contributed by atoms with Gasteiger partial charge in [0.05, 0.1) is 0 Å². The second kappa shape index (κ2) is 7.28. The van der Waals surface area contributed by atoms with Crippen LogP contribution in [-0.2, 0) is 6.54 Å². The molecule has 2 aromatic rings. The Bertz CT molecular complexity index is 556. The van der Waals surface area contributed by atoms with Crippen molar-refractivity contribution >= 4 is 5.69 Å². The van der Waals surface area contributed by atoms with E-state index in [1.165, 1.54) is 22.4 Å². The summed E-state index contributed by atoms with van der Waals surface area (Å²) in [5.41, 5.74) is 5.34. The van der Waals surface area contributed by atoms with E-state index in [4.69, 9.17) is 0 Å². The van der Waals surface area contributed by atoms with Crippen molar-refractivity contribution in [1.82, 2.24) is 5.32 Å². The standard InChI is InChI=1S/C19H26N2/c1-5-19(20-3)16-10-12-18(13-11-16)21(4)14-17-9-7-6-8-15(17)2/h6-13,19-20H,5,14H2,1-4H3. The Morgan fingerprint density at radius 3 is 2.29 bits per heavy atom. The lowest BCUT2D eigenvalue weighted by Gasteiger charge is -2.22. The van der Waals surface area contributed by atoms with E-state index in [0.717, 1.165) is 13.0 Å². The SMILES string of the molecule is CCC(NC)c1ccc(N(C)Cc2ccccc2C)cc1. The highest BCUT2D eigenvalue weighted by Crippen LogP contribution is 2.22. The fourth-order valence-electron chi connectivity index (χ4n) is 2.70. The zero-order chi connectivity index (χ0) is 15.2. The predicted molar refractivity (Wildman–Crippen MR) is 91.8 cm³/mol. The van der Waals surface area contributed by atoms with Crippen LogP contribution in [0.1, 0.15) is 36.1 Å². The molecule has 1 N–H and O–H groups in total. The molecule has 1 unspecified atom stereocenters. The van der Waals surface area contributed by atoms with E-state index in [1.54, 1.807) is 0 Å². The number of benzene rings is 2. The molecule has 2 heteroatoms. The second-order valence-corrected chi connectivity index (χ2v) is 5.62. The van der Waals surface area contributed by atoms with Crippen LogP contribution in [0.5, 0.6) is 0 Å². The molecular weight excluding hydrogens is 256 g/mol. The van der Waals surface area contributed by atoms with Crippen LogP contribution < -0.4 is 10.2 Å². The smallest absolute Gasteiger partial charge is 0.0428 e. The van der Waals surface area contributed by atoms with Crippen molar-refractivity contribution in [3.63, 3.8) is 0 Å². The first-order valence-electron chi connectivity index (χ1n) is 7.68. The monoisotopic (exact) mass is 282 g/mol. The van der Waals surface area contributed by atoms with Gasteiger partial charge in [0, 0.05) is 25.3 Å². The van der Waals surface area contributed by atoms with Crippen molar-refractivity contribution in [2.75, 3.05) is 19.0 Å². The van der Waals surface area contributed by atoms with E-state index in [9.17, 15) is 0 Å². The van der Waals surface area contributed by atoms with E-state index in [0.29, 0.717) is 6.04 Å². The van der Waals surface area contributed by atoms with Gasteiger partial charge >= 0.3 is 0 Å². The number of nitrogens with one attached hydrogen (secondary N) is 1. The summed E-state index contributed by atoms with van der Waals surface area (Å²) in [6.45, 7) is 5.32. The minimum absolute atomic E-state index is 0.445. The van der Waals surface area contributed by atoms with Gasteiger partial charge < -0.3 is 10.2 Å². The summed E-state index contributed by atoms with van der Waals surface area (Å²) in [7, 11) is 4.17. The van der Waals surface area contributed by atoms with Crippen LogP contribution in [-0.4, -0.2) is 14.1 Å². The predicted octanol–water partition coefficient (Wildman–Crippen LogP) is 4.30. The Kier molecular flexibility index (Phi) is 5.40. The van der Waals surface area contributed by atoms with Crippen LogP contribution in [0.15, 0.2) is 48.5 Å². The molecule has 0 saturated carbocycles. The molecule has 2 aromatic carbocycles. The Hall–Kier alpha value is -1.80. The van der Waals surface area contributed by atoms with Crippen molar-refractivity contribution < 1.29 is 0 Å². The number of nitrogens with zero attached hydrogens (tertiary/aromatic N) is 1. The first-order valence-corrected chi connectivity index (χ1v) is 7.68. The first-order chi connectivity index (χ1) is 10.2. The van der Waals surface area contributed by atoms with Gasteiger partial charge in [0.1, 0.15) is 0 Å². The summed E-state index contributed by atoms with van der Waals surface area (Å²) < 4.78 is 0. The van der Waals surface area contributed by atoms with Crippen LogP contribution >= 0.6 is 0 Å². The van der Waals surface area contributed by atoms with Crippen molar-refractivity contribution in [3.05, 3.63) is 65.2 Å². The summed E-state index contributed by atoms with van der Waals surface area (Å²) in [6.07, 6.45) is 1.11. The number of anilines is 1. The number of hydrogen-bond donors (Lipinski definition) is 1. The molecular formula is C19H26N2. The second-order valence-electron chi connectivity index (χ2n) is 5.62. The summed E-state index contributed by atoms with van der Waals surface area (Å²) >= 11 is 0. The van der Waals surface area contributed by atoms with Gasteiger partial charge in [-0.05, 0) is 49.2 Å². The maximum Gasteiger partial charge on any atom is 0.0428 e. The maximum atomic E-state index is 3.35. The van der Waals surface area contributed by atoms with Gasteiger partial charge in [0.15, 0.2) is 0 Å². The largest absolute Gasteiger partial charge is 0.370 e. The molecule has 0 radical (unpaired) electrons. The topological polar surface area (TPSA) is 15.3 Å². The number of rotatable bonds is 6. The molecule has 0 aliphatic carbocycles. The van der Waals surface area contributed by atoms with Crippen molar-refractivity contribution in [1.29, 1.82) is 0 Å². The molecule has 0 aliphatic heterocycles. The molecule has 21 heavy (non-hydrogen) atoms. The van der Waals surface area contributed by atoms with Gasteiger partial charge in [-0.25, -0.2) is 0 Å². The molecule has 0 amide bonds. The Morgan fingerprint density at radius 1 is 1.05 bits per heavy atom. The third-order valence-corrected chi connectivity index (χ3v) is 4.16. The van der Waals surface area contributed by atoms with E-state index in [1.807, 2.05) is 7.05 Å². The summed E-state index contributed by atoms with van der Waals surface area (Å²) in [6, 6.07) is 17.9. The Labute approximate surface area is 128 Å². The Morgan fingerprint density at radius 2 is 1.71 bits per heavy atom. The summed E-state index contributed by atoms with van der Waals surface area (Å²) in [5, 5.41) is 3.35. The van der Waals surface area contributed by atoms with Crippen LogP contribution in [0.2, 0.25) is 0 Å². The molecule has 0 aliphatic rings. The van der Waals surface area contributed by atoms with Gasteiger partial charge in [0.25, 0.3) is 0 Å². The van der Waals surface area contributed by atoms with E-state index in [2.05, 4.69) is 79.6 Å². The maximum absolute atomic E-state index is 3.35. The highest BCUT2D eigenvalue weighted by molar-refractivity contribution is 5.48. The highest BCUT2D eigenvalue weighted by Gasteiger charge is 2.08. The van der Waals surface area contributed by atoms with Gasteiger partial charge in [-0.1, -0.05) is 43.3 Å². The molecule has 0 aromatic heterocycles. The highest BCUT2D eigenvalue weighted by atomic mass is 15.1. The van der Waals surface area contributed by atoms with Crippen LogP contribution in [0, 0.1) is 6.92 Å². The summed E-state index contributed by atoms with van der Waals surface area (Å²) in [4.78, 5) is 2.30. The Balaban J connectivity index is 2.10. The van der Waals surface area contributed by atoms with Crippen molar-refractivity contribution in [2.45, 2.75) is 32.9 Å². The van der Waals surface area contributed by atoms with E-state index in [-0.39, 0.29) is 0 Å². The van der Waals surface area contributed by atoms with Gasteiger partial charge in [0.2, 0.25) is 0 Å². The van der Waals surface area contributed by atoms with E-state index >= 15 is 0 Å². The third kappa shape index (κ3) is 3.85. The molecule has 0 saturated heterocycles. The minimum atomic E-state index is 0.445. The molecule has 0 spiro atoms. The van der Waals surface area contributed by atoms with E-state index < -0.39 is 0 Å². The molecule has 0 bridgehead atoms. The zero-order valence-corrected chi connectivity index (χ0v) is 13.6. The van der Waals surface area contributed by atoms with Gasteiger partial charge in [-0.15, -0.1) is 0 Å². The fraction of sp³-hybridized carbons (Fsp3) is 0.368. The van der Waals surface area contributed by atoms with Crippen molar-refractivity contribution in [3.8, 4) is 0 Å². The van der Waals surface area contributed by atoms with Crippen LogP contribution in [0.4, 0.5) is 5.69 Å². The van der Waals surface area contributed by atoms with Gasteiger partial charge in [-0.3, -0.25) is 0 Å². The molecule has 0 fully saturated rings. The minimum Gasteiger partial charge on any atom is -0.370 e. The molecule has 112 valence electrons. The van der Waals surface area contributed by atoms with Crippen molar-refractivity contribution in [2.24, 2.45) is 0 Å². The van der Waals surface area contributed by atoms with Crippen LogP contribution in [0.25, 0.3) is 0 Å². The quantitative estimate of drug-likeness (QED) is 0.849. The summed E-state index contributed by atoms with van der Waals surface area (Å²) in [5.74, 6) is 0. The lowest BCUT2D eigenvalue weighted by Crippen LogP contribution is -2.18. The van der Waals surface area contributed by atoms with Gasteiger partial charge in [-0.2, -0.15) is 0 Å². The third-order valence-electron chi connectivity index (χ3n) is 4.16. The fourth-order valence-corrected chi connectivity index (χ4v) is 2.70. The number of hydrogen-bond acceptors (Lipinski definition) is 2. The average molecular weight is 282 g/mol. The zero-order valence-electron chi connectivity index (χ0n) is 13.6. The molecule has 2 nitrogen and oxygen atoms in total. The normalized spacial score (nSPS) is 12.2. The number of aryl methyl sites for hydroxylation is 1. The molecule has 2 rings (SSSR count). The molecule has 0 heterocycles. The van der Waals surface area contributed by atoms with Crippen LogP contribution in [0.3, 0.4) is 0 Å². The lowest BCUT2D eigenvalue weighted by molar-refractivity contribution is 0.577.